The van der Waals surface area contributed by atoms with Crippen molar-refractivity contribution in [2.24, 2.45) is 5.73 Å². The Morgan fingerprint density at radius 1 is 1.53 bits per heavy atom. The Kier molecular flexibility index (Phi) is 6.84. The molecule has 2 N–H and O–H groups in total. The molecule has 2 rings (SSSR count). The molecule has 1 aliphatic heterocycles. The SMILES string of the molecule is Cl.Cl.NCc1cn(CC2CCCO2)nn1. The zero-order chi connectivity index (χ0) is 9.10. The van der Waals surface area contributed by atoms with Crippen molar-refractivity contribution in [3.8, 4) is 0 Å². The highest BCUT2D eigenvalue weighted by Crippen LogP contribution is 2.13. The Morgan fingerprint density at radius 3 is 2.87 bits per heavy atom. The Balaban J connectivity index is 0.000000980. The first-order valence-corrected chi connectivity index (χ1v) is 4.59. The quantitative estimate of drug-likeness (QED) is 0.865. The molecule has 1 saturated heterocycles. The normalized spacial score (nSPS) is 19.4. The van der Waals surface area contributed by atoms with Gasteiger partial charge in [0.2, 0.25) is 0 Å². The van der Waals surface area contributed by atoms with Crippen LogP contribution in [0.15, 0.2) is 6.20 Å². The van der Waals surface area contributed by atoms with E-state index in [-0.39, 0.29) is 24.8 Å². The second-order valence-electron chi connectivity index (χ2n) is 3.27. The third kappa shape index (κ3) is 3.95. The maximum absolute atomic E-state index is 5.48. The third-order valence-corrected chi connectivity index (χ3v) is 2.21. The van der Waals surface area contributed by atoms with E-state index in [2.05, 4.69) is 10.3 Å². The zero-order valence-corrected chi connectivity index (χ0v) is 9.97. The maximum Gasteiger partial charge on any atom is 0.0962 e. The topological polar surface area (TPSA) is 66.0 Å². The summed E-state index contributed by atoms with van der Waals surface area (Å²) in [7, 11) is 0. The van der Waals surface area contributed by atoms with Crippen molar-refractivity contribution < 1.29 is 4.74 Å². The maximum atomic E-state index is 5.48. The first-order valence-electron chi connectivity index (χ1n) is 4.59. The van der Waals surface area contributed by atoms with Crippen LogP contribution in [0.25, 0.3) is 0 Å². The van der Waals surface area contributed by atoms with Crippen molar-refractivity contribution in [3.63, 3.8) is 0 Å². The molecule has 1 fully saturated rings. The van der Waals surface area contributed by atoms with Gasteiger partial charge in [0, 0.05) is 19.3 Å². The molecule has 2 heterocycles. The largest absolute Gasteiger partial charge is 0.376 e. The molecule has 1 aliphatic rings. The summed E-state index contributed by atoms with van der Waals surface area (Å²) in [5, 5.41) is 7.87. The number of hydrogen-bond donors (Lipinski definition) is 1. The Morgan fingerprint density at radius 2 is 2.33 bits per heavy atom. The van der Waals surface area contributed by atoms with E-state index in [0.29, 0.717) is 12.6 Å². The minimum Gasteiger partial charge on any atom is -0.376 e. The zero-order valence-electron chi connectivity index (χ0n) is 8.33. The van der Waals surface area contributed by atoms with Crippen LogP contribution in [0.1, 0.15) is 18.5 Å². The summed E-state index contributed by atoms with van der Waals surface area (Å²) >= 11 is 0. The number of aromatic nitrogens is 3. The monoisotopic (exact) mass is 254 g/mol. The van der Waals surface area contributed by atoms with E-state index >= 15 is 0 Å². The molecule has 0 saturated carbocycles. The van der Waals surface area contributed by atoms with Crippen LogP contribution in [0, 0.1) is 0 Å². The van der Waals surface area contributed by atoms with Crippen LogP contribution in [0.3, 0.4) is 0 Å². The number of rotatable bonds is 3. The van der Waals surface area contributed by atoms with Crippen LogP contribution < -0.4 is 5.73 Å². The van der Waals surface area contributed by atoms with Crippen molar-refractivity contribution in [2.45, 2.75) is 32.0 Å². The van der Waals surface area contributed by atoms with Crippen LogP contribution in [0.5, 0.6) is 0 Å². The highest BCUT2D eigenvalue weighted by Gasteiger charge is 2.16. The molecule has 0 aromatic carbocycles. The molecule has 1 aromatic heterocycles. The van der Waals surface area contributed by atoms with Gasteiger partial charge in [-0.1, -0.05) is 5.21 Å². The molecular weight excluding hydrogens is 239 g/mol. The molecule has 15 heavy (non-hydrogen) atoms. The van der Waals surface area contributed by atoms with E-state index < -0.39 is 0 Å². The molecule has 88 valence electrons. The summed E-state index contributed by atoms with van der Waals surface area (Å²) in [5.74, 6) is 0. The third-order valence-electron chi connectivity index (χ3n) is 2.21. The van der Waals surface area contributed by atoms with Gasteiger partial charge in [0.1, 0.15) is 0 Å². The molecule has 7 heteroatoms. The lowest BCUT2D eigenvalue weighted by Crippen LogP contribution is -2.15. The van der Waals surface area contributed by atoms with Crippen LogP contribution in [-0.4, -0.2) is 27.7 Å². The van der Waals surface area contributed by atoms with Crippen molar-refractivity contribution in [3.05, 3.63) is 11.9 Å². The lowest BCUT2D eigenvalue weighted by atomic mass is 10.2. The average Bonchev–Trinajstić information content (AvgIpc) is 2.76. The van der Waals surface area contributed by atoms with Gasteiger partial charge in [-0.05, 0) is 12.8 Å². The first kappa shape index (κ1) is 14.6. The Labute approximate surface area is 101 Å². The van der Waals surface area contributed by atoms with E-state index in [4.69, 9.17) is 10.5 Å². The summed E-state index contributed by atoms with van der Waals surface area (Å²) in [6, 6.07) is 0. The highest BCUT2D eigenvalue weighted by atomic mass is 35.5. The van der Waals surface area contributed by atoms with Crippen LogP contribution >= 0.6 is 24.8 Å². The van der Waals surface area contributed by atoms with Gasteiger partial charge >= 0.3 is 0 Å². The predicted octanol–water partition coefficient (Wildman–Crippen LogP) is 0.759. The molecular formula is C8H16Cl2N4O. The van der Waals surface area contributed by atoms with Crippen LogP contribution in [-0.2, 0) is 17.8 Å². The van der Waals surface area contributed by atoms with E-state index in [1.54, 1.807) is 4.68 Å². The average molecular weight is 255 g/mol. The van der Waals surface area contributed by atoms with Crippen molar-refractivity contribution in [1.29, 1.82) is 0 Å². The fraction of sp³-hybridized carbons (Fsp3) is 0.750. The lowest BCUT2D eigenvalue weighted by molar-refractivity contribution is 0.0935. The first-order chi connectivity index (χ1) is 6.38. The van der Waals surface area contributed by atoms with Crippen molar-refractivity contribution >= 4 is 24.8 Å². The molecule has 1 aromatic rings. The van der Waals surface area contributed by atoms with Gasteiger partial charge in [-0.3, -0.25) is 0 Å². The van der Waals surface area contributed by atoms with Gasteiger partial charge in [-0.15, -0.1) is 29.9 Å². The molecule has 1 atom stereocenters. The number of halogens is 2. The van der Waals surface area contributed by atoms with Crippen LogP contribution in [0.2, 0.25) is 0 Å². The highest BCUT2D eigenvalue weighted by molar-refractivity contribution is 5.85. The van der Waals surface area contributed by atoms with Gasteiger partial charge < -0.3 is 10.5 Å². The number of nitrogens with two attached hydrogens (primary N) is 1. The predicted molar refractivity (Wildman–Crippen MR) is 61.4 cm³/mol. The van der Waals surface area contributed by atoms with Crippen LogP contribution in [0.4, 0.5) is 0 Å². The number of nitrogens with zero attached hydrogens (tertiary/aromatic N) is 3. The minimum atomic E-state index is 0. The number of hydrogen-bond acceptors (Lipinski definition) is 4. The van der Waals surface area contributed by atoms with E-state index in [1.807, 2.05) is 6.20 Å². The summed E-state index contributed by atoms with van der Waals surface area (Å²) in [5.41, 5.74) is 6.26. The van der Waals surface area contributed by atoms with E-state index in [0.717, 1.165) is 31.7 Å². The molecule has 5 nitrogen and oxygen atoms in total. The second kappa shape index (κ2) is 7.00. The van der Waals surface area contributed by atoms with E-state index in [1.165, 1.54) is 0 Å². The molecule has 1 unspecified atom stereocenters. The summed E-state index contributed by atoms with van der Waals surface area (Å²) < 4.78 is 7.28. The van der Waals surface area contributed by atoms with Crippen molar-refractivity contribution in [2.75, 3.05) is 6.61 Å². The minimum absolute atomic E-state index is 0. The van der Waals surface area contributed by atoms with Crippen molar-refractivity contribution in [1.82, 2.24) is 15.0 Å². The fourth-order valence-electron chi connectivity index (χ4n) is 1.52. The Hall–Kier alpha value is -0.360. The molecule has 0 aliphatic carbocycles. The smallest absolute Gasteiger partial charge is 0.0962 e. The van der Waals surface area contributed by atoms with E-state index in [9.17, 15) is 0 Å². The fourth-order valence-corrected chi connectivity index (χ4v) is 1.52. The molecule has 0 bridgehead atoms. The number of ether oxygens (including phenoxy) is 1. The molecule has 0 spiro atoms. The second-order valence-corrected chi connectivity index (χ2v) is 3.27. The van der Waals surface area contributed by atoms with Gasteiger partial charge in [0.05, 0.1) is 18.3 Å². The van der Waals surface area contributed by atoms with Gasteiger partial charge in [0.25, 0.3) is 0 Å². The van der Waals surface area contributed by atoms with Gasteiger partial charge in [-0.25, -0.2) is 4.68 Å². The summed E-state index contributed by atoms with van der Waals surface area (Å²) in [4.78, 5) is 0. The summed E-state index contributed by atoms with van der Waals surface area (Å²) in [6.07, 6.45) is 4.47. The lowest BCUT2D eigenvalue weighted by Gasteiger charge is -2.07. The molecule has 0 radical (unpaired) electrons. The Bertz CT molecular complexity index is 275. The standard InChI is InChI=1S/C8H14N4O.2ClH/c9-4-7-5-12(11-10-7)6-8-2-1-3-13-8;;/h5,8H,1-4,6,9H2;2*1H. The van der Waals surface area contributed by atoms with Gasteiger partial charge in [-0.2, -0.15) is 0 Å². The van der Waals surface area contributed by atoms with Gasteiger partial charge in [0.15, 0.2) is 0 Å². The summed E-state index contributed by atoms with van der Waals surface area (Å²) in [6.45, 7) is 2.13. The molecule has 0 amide bonds.